The predicted molar refractivity (Wildman–Crippen MR) is 147 cm³/mol. The van der Waals surface area contributed by atoms with Gasteiger partial charge in [-0.25, -0.2) is 0 Å². The molecule has 9 nitrogen and oxygen atoms in total. The van der Waals surface area contributed by atoms with Gasteiger partial charge in [-0.05, 0) is 31.0 Å². The van der Waals surface area contributed by atoms with Crippen molar-refractivity contribution in [2.45, 2.75) is 55.9 Å². The number of likely N-dealkylation sites (tertiary alicyclic amines) is 1. The van der Waals surface area contributed by atoms with Crippen LogP contribution >= 0.6 is 23.2 Å². The molecule has 2 N–H and O–H groups in total. The molecular formula is C28H34Cl2N4O5. The summed E-state index contributed by atoms with van der Waals surface area (Å²) in [6.45, 7) is 3.85. The van der Waals surface area contributed by atoms with Crippen molar-refractivity contribution in [3.63, 3.8) is 0 Å². The number of carbonyl (C=O) groups is 3. The molecule has 0 radical (unpaired) electrons. The van der Waals surface area contributed by atoms with E-state index in [4.69, 9.17) is 32.7 Å². The maximum absolute atomic E-state index is 14.1. The lowest BCUT2D eigenvalue weighted by Gasteiger charge is -2.35. The Morgan fingerprint density at radius 1 is 1.00 bits per heavy atom. The number of amides is 3. The summed E-state index contributed by atoms with van der Waals surface area (Å²) in [6, 6.07) is 4.05. The molecule has 39 heavy (non-hydrogen) atoms. The van der Waals surface area contributed by atoms with E-state index in [1.54, 1.807) is 23.1 Å². The molecule has 4 heterocycles. The van der Waals surface area contributed by atoms with Crippen LogP contribution in [0.4, 0.5) is 5.69 Å². The van der Waals surface area contributed by atoms with Crippen molar-refractivity contribution in [3.05, 3.63) is 40.4 Å². The van der Waals surface area contributed by atoms with Gasteiger partial charge in [-0.2, -0.15) is 0 Å². The number of nitrogens with zero attached hydrogens (tertiary/aromatic N) is 2. The Balaban J connectivity index is 1.27. The molecule has 4 aliphatic heterocycles. The normalized spacial score (nSPS) is 32.5. The SMILES string of the molecule is O=C(Nc1cc(Cl)cc(Cl)c1)C1[C@H]2C=CC3(O2)C(C(=O)NC2CCCCC2)N(CCN2CCOCC2)C(=O)[C@@H]13. The highest BCUT2D eigenvalue weighted by Gasteiger charge is 2.72. The summed E-state index contributed by atoms with van der Waals surface area (Å²) in [5, 5.41) is 6.88. The number of benzene rings is 1. The van der Waals surface area contributed by atoms with Gasteiger partial charge in [0.25, 0.3) is 0 Å². The molecule has 5 atom stereocenters. The largest absolute Gasteiger partial charge is 0.379 e. The minimum Gasteiger partial charge on any atom is -0.379 e. The summed E-state index contributed by atoms with van der Waals surface area (Å²) in [5.74, 6) is -2.35. The first kappa shape index (κ1) is 27.0. The summed E-state index contributed by atoms with van der Waals surface area (Å²) in [7, 11) is 0. The van der Waals surface area contributed by atoms with E-state index in [1.165, 1.54) is 6.42 Å². The van der Waals surface area contributed by atoms with Crippen LogP contribution in [-0.4, -0.2) is 90.7 Å². The average molecular weight is 578 g/mol. The highest BCUT2D eigenvalue weighted by atomic mass is 35.5. The number of anilines is 1. The lowest BCUT2D eigenvalue weighted by atomic mass is 9.74. The molecule has 210 valence electrons. The first-order valence-electron chi connectivity index (χ1n) is 13.9. The second-order valence-electron chi connectivity index (χ2n) is 11.2. The van der Waals surface area contributed by atoms with Crippen LogP contribution in [0.1, 0.15) is 32.1 Å². The van der Waals surface area contributed by atoms with E-state index in [2.05, 4.69) is 15.5 Å². The minimum absolute atomic E-state index is 0.0900. The Bertz CT molecular complexity index is 1150. The van der Waals surface area contributed by atoms with Crippen molar-refractivity contribution in [3.8, 4) is 0 Å². The van der Waals surface area contributed by atoms with Gasteiger partial charge >= 0.3 is 0 Å². The third kappa shape index (κ3) is 5.08. The lowest BCUT2D eigenvalue weighted by Crippen LogP contribution is -2.57. The van der Waals surface area contributed by atoms with Crippen molar-refractivity contribution in [2.24, 2.45) is 11.8 Å². The Labute approximate surface area is 238 Å². The molecule has 2 bridgehead atoms. The van der Waals surface area contributed by atoms with E-state index >= 15 is 0 Å². The molecule has 1 saturated carbocycles. The fourth-order valence-corrected chi connectivity index (χ4v) is 7.49. The van der Waals surface area contributed by atoms with Crippen molar-refractivity contribution >= 4 is 46.6 Å². The van der Waals surface area contributed by atoms with Crippen LogP contribution in [0.5, 0.6) is 0 Å². The number of carbonyl (C=O) groups excluding carboxylic acids is 3. The third-order valence-electron chi connectivity index (χ3n) is 8.77. The molecule has 3 unspecified atom stereocenters. The third-order valence-corrected chi connectivity index (χ3v) is 9.20. The van der Waals surface area contributed by atoms with Crippen molar-refractivity contribution in [2.75, 3.05) is 44.7 Å². The fraction of sp³-hybridized carbons (Fsp3) is 0.607. The quantitative estimate of drug-likeness (QED) is 0.484. The summed E-state index contributed by atoms with van der Waals surface area (Å²) in [4.78, 5) is 45.5. The zero-order valence-corrected chi connectivity index (χ0v) is 23.3. The Morgan fingerprint density at radius 2 is 1.72 bits per heavy atom. The van der Waals surface area contributed by atoms with Crippen LogP contribution < -0.4 is 10.6 Å². The van der Waals surface area contributed by atoms with Crippen LogP contribution in [0.25, 0.3) is 0 Å². The summed E-state index contributed by atoms with van der Waals surface area (Å²) < 4.78 is 11.9. The number of hydrogen-bond donors (Lipinski definition) is 2. The van der Waals surface area contributed by atoms with E-state index in [-0.39, 0.29) is 23.8 Å². The molecule has 4 fully saturated rings. The molecule has 3 saturated heterocycles. The number of nitrogens with one attached hydrogen (secondary N) is 2. The Morgan fingerprint density at radius 3 is 2.44 bits per heavy atom. The minimum atomic E-state index is -1.18. The van der Waals surface area contributed by atoms with Crippen molar-refractivity contribution in [1.29, 1.82) is 0 Å². The predicted octanol–water partition coefficient (Wildman–Crippen LogP) is 2.86. The zero-order chi connectivity index (χ0) is 27.1. The van der Waals surface area contributed by atoms with Gasteiger partial charge in [0.05, 0.1) is 31.2 Å². The summed E-state index contributed by atoms with van der Waals surface area (Å²) >= 11 is 12.3. The lowest BCUT2D eigenvalue weighted by molar-refractivity contribution is -0.141. The van der Waals surface area contributed by atoms with E-state index in [0.29, 0.717) is 42.0 Å². The van der Waals surface area contributed by atoms with Gasteiger partial charge in [-0.15, -0.1) is 0 Å². The van der Waals surface area contributed by atoms with Crippen LogP contribution in [0.15, 0.2) is 30.4 Å². The van der Waals surface area contributed by atoms with Gasteiger partial charge in [-0.3, -0.25) is 19.3 Å². The molecule has 5 aliphatic rings. The number of hydrogen-bond acceptors (Lipinski definition) is 6. The van der Waals surface area contributed by atoms with Gasteiger partial charge < -0.3 is 25.0 Å². The highest BCUT2D eigenvalue weighted by Crippen LogP contribution is 2.55. The van der Waals surface area contributed by atoms with E-state index in [1.807, 2.05) is 12.2 Å². The first-order valence-corrected chi connectivity index (χ1v) is 14.7. The fourth-order valence-electron chi connectivity index (χ4n) is 6.96. The molecule has 3 amide bonds. The average Bonchev–Trinajstić information content (AvgIpc) is 3.55. The summed E-state index contributed by atoms with van der Waals surface area (Å²) in [6.07, 6.45) is 8.28. The highest BCUT2D eigenvalue weighted by molar-refractivity contribution is 6.35. The topological polar surface area (TPSA) is 100 Å². The number of morpholine rings is 1. The first-order chi connectivity index (χ1) is 18.9. The molecule has 0 aromatic heterocycles. The molecule has 1 aromatic carbocycles. The summed E-state index contributed by atoms with van der Waals surface area (Å²) in [5.41, 5.74) is -0.737. The number of rotatable bonds is 7. The van der Waals surface area contributed by atoms with Gasteiger partial charge in [0.1, 0.15) is 11.6 Å². The van der Waals surface area contributed by atoms with E-state index in [9.17, 15) is 14.4 Å². The maximum atomic E-state index is 14.1. The standard InChI is InChI=1S/C28H34Cl2N4O5/c29-17-14-18(30)16-20(15-17)32-25(35)22-21-6-7-28(39-21)23(22)27(37)34(9-8-33-10-12-38-13-11-33)24(28)26(36)31-19-4-2-1-3-5-19/h6-7,14-16,19,21-24H,1-5,8-13H2,(H,31,36)(H,32,35)/t21-,22?,23-,24?,28?/m1/s1. The second-order valence-corrected chi connectivity index (χ2v) is 12.1. The van der Waals surface area contributed by atoms with Crippen LogP contribution in [-0.2, 0) is 23.9 Å². The number of fused-ring (bicyclic) bond motifs is 1. The zero-order valence-electron chi connectivity index (χ0n) is 21.7. The van der Waals surface area contributed by atoms with Crippen molar-refractivity contribution < 1.29 is 23.9 Å². The monoisotopic (exact) mass is 576 g/mol. The van der Waals surface area contributed by atoms with Crippen LogP contribution in [0, 0.1) is 11.8 Å². The molecule has 11 heteroatoms. The molecular weight excluding hydrogens is 543 g/mol. The molecule has 1 aliphatic carbocycles. The molecule has 6 rings (SSSR count). The van der Waals surface area contributed by atoms with E-state index in [0.717, 1.165) is 38.8 Å². The Kier molecular flexibility index (Phi) is 7.63. The van der Waals surface area contributed by atoms with Gasteiger partial charge in [-0.1, -0.05) is 54.6 Å². The molecule has 1 spiro atoms. The smallest absolute Gasteiger partial charge is 0.246 e. The van der Waals surface area contributed by atoms with Gasteiger partial charge in [0.15, 0.2) is 0 Å². The van der Waals surface area contributed by atoms with Crippen molar-refractivity contribution in [1.82, 2.24) is 15.1 Å². The number of ether oxygens (including phenoxy) is 2. The second kappa shape index (κ2) is 11.0. The molecule has 1 aromatic rings. The Hall–Kier alpha value is -2.17. The maximum Gasteiger partial charge on any atom is 0.246 e. The van der Waals surface area contributed by atoms with Gasteiger partial charge in [0, 0.05) is 48.0 Å². The number of halogens is 2. The van der Waals surface area contributed by atoms with Crippen LogP contribution in [0.3, 0.4) is 0 Å². The van der Waals surface area contributed by atoms with E-state index < -0.39 is 29.6 Å². The van der Waals surface area contributed by atoms with Crippen LogP contribution in [0.2, 0.25) is 10.0 Å². The van der Waals surface area contributed by atoms with Gasteiger partial charge in [0.2, 0.25) is 17.7 Å².